The lowest BCUT2D eigenvalue weighted by molar-refractivity contribution is 0.377. The Morgan fingerprint density at radius 3 is 2.67 bits per heavy atom. The smallest absolute Gasteiger partial charge is 0.111 e. The van der Waals surface area contributed by atoms with Crippen molar-refractivity contribution in [2.45, 2.75) is 37.6 Å². The number of hydrogen-bond acceptors (Lipinski definition) is 2. The Bertz CT molecular complexity index is 288. The lowest BCUT2D eigenvalue weighted by atomic mass is 9.85. The largest absolute Gasteiger partial charge is 0.338 e. The standard InChI is InChI=1S/C10H17N3.2ClH/c1-13-6-5-12-10(13)8-3-2-4-9(11)7-8;;/h5-6,8-9H,2-4,7,11H2,1H3;2*1H. The van der Waals surface area contributed by atoms with E-state index in [4.69, 9.17) is 5.73 Å². The summed E-state index contributed by atoms with van der Waals surface area (Å²) in [4.78, 5) is 4.38. The third-order valence-corrected chi connectivity index (χ3v) is 2.94. The van der Waals surface area contributed by atoms with Crippen LogP contribution >= 0.6 is 24.8 Å². The monoisotopic (exact) mass is 251 g/mol. The minimum Gasteiger partial charge on any atom is -0.338 e. The molecule has 15 heavy (non-hydrogen) atoms. The number of aryl methyl sites for hydroxylation is 1. The average molecular weight is 252 g/mol. The van der Waals surface area contributed by atoms with Crippen molar-refractivity contribution in [3.05, 3.63) is 18.2 Å². The molecule has 2 rings (SSSR count). The van der Waals surface area contributed by atoms with Gasteiger partial charge >= 0.3 is 0 Å². The molecule has 0 bridgehead atoms. The zero-order chi connectivity index (χ0) is 9.26. The maximum atomic E-state index is 5.94. The Balaban J connectivity index is 0.000000980. The van der Waals surface area contributed by atoms with Crippen molar-refractivity contribution in [2.75, 3.05) is 0 Å². The Kier molecular flexibility index (Phi) is 6.25. The van der Waals surface area contributed by atoms with E-state index in [0.29, 0.717) is 12.0 Å². The number of hydrogen-bond donors (Lipinski definition) is 1. The first-order valence-electron chi connectivity index (χ1n) is 5.00. The molecule has 1 aromatic rings. The van der Waals surface area contributed by atoms with Gasteiger partial charge in [0.1, 0.15) is 5.82 Å². The predicted octanol–water partition coefficient (Wildman–Crippen LogP) is 2.25. The summed E-state index contributed by atoms with van der Waals surface area (Å²) in [5, 5.41) is 0. The summed E-state index contributed by atoms with van der Waals surface area (Å²) in [5.41, 5.74) is 5.94. The second-order valence-corrected chi connectivity index (χ2v) is 4.02. The number of imidazole rings is 1. The highest BCUT2D eigenvalue weighted by Gasteiger charge is 2.23. The summed E-state index contributed by atoms with van der Waals surface area (Å²) in [6.07, 6.45) is 8.66. The van der Waals surface area contributed by atoms with Crippen molar-refractivity contribution in [3.8, 4) is 0 Å². The molecule has 1 aromatic heterocycles. The predicted molar refractivity (Wildman–Crippen MR) is 66.9 cm³/mol. The van der Waals surface area contributed by atoms with E-state index < -0.39 is 0 Å². The fourth-order valence-corrected chi connectivity index (χ4v) is 2.23. The number of halogens is 2. The van der Waals surface area contributed by atoms with Crippen LogP contribution in [0.3, 0.4) is 0 Å². The molecule has 2 N–H and O–H groups in total. The summed E-state index contributed by atoms with van der Waals surface area (Å²) < 4.78 is 2.11. The molecule has 3 nitrogen and oxygen atoms in total. The van der Waals surface area contributed by atoms with Crippen LogP contribution in [0.25, 0.3) is 0 Å². The fraction of sp³-hybridized carbons (Fsp3) is 0.700. The van der Waals surface area contributed by atoms with Gasteiger partial charge in [-0.1, -0.05) is 6.42 Å². The third kappa shape index (κ3) is 3.37. The summed E-state index contributed by atoms with van der Waals surface area (Å²) in [6, 6.07) is 0.385. The van der Waals surface area contributed by atoms with Gasteiger partial charge in [0.05, 0.1) is 0 Å². The summed E-state index contributed by atoms with van der Waals surface area (Å²) in [6.45, 7) is 0. The Morgan fingerprint density at radius 1 is 1.40 bits per heavy atom. The molecular weight excluding hydrogens is 233 g/mol. The van der Waals surface area contributed by atoms with Crippen molar-refractivity contribution < 1.29 is 0 Å². The molecule has 2 atom stereocenters. The first-order chi connectivity index (χ1) is 6.27. The number of nitrogens with two attached hydrogens (primary N) is 1. The van der Waals surface area contributed by atoms with E-state index in [2.05, 4.69) is 16.6 Å². The van der Waals surface area contributed by atoms with Gasteiger partial charge in [-0.15, -0.1) is 24.8 Å². The molecule has 0 aromatic carbocycles. The van der Waals surface area contributed by atoms with E-state index in [1.165, 1.54) is 25.1 Å². The number of aromatic nitrogens is 2. The molecule has 0 spiro atoms. The highest BCUT2D eigenvalue weighted by Crippen LogP contribution is 2.30. The van der Waals surface area contributed by atoms with E-state index in [1.54, 1.807) is 0 Å². The summed E-state index contributed by atoms with van der Waals surface area (Å²) >= 11 is 0. The lowest BCUT2D eigenvalue weighted by Gasteiger charge is -2.25. The second-order valence-electron chi connectivity index (χ2n) is 4.02. The SMILES string of the molecule is Cl.Cl.Cn1ccnc1C1CCCC(N)C1. The maximum Gasteiger partial charge on any atom is 0.111 e. The van der Waals surface area contributed by atoms with Crippen LogP contribution in [-0.2, 0) is 7.05 Å². The van der Waals surface area contributed by atoms with E-state index in [9.17, 15) is 0 Å². The first-order valence-corrected chi connectivity index (χ1v) is 5.00. The van der Waals surface area contributed by atoms with Crippen LogP contribution < -0.4 is 5.73 Å². The van der Waals surface area contributed by atoms with Crippen molar-refractivity contribution in [2.24, 2.45) is 12.8 Å². The zero-order valence-electron chi connectivity index (χ0n) is 8.93. The van der Waals surface area contributed by atoms with E-state index >= 15 is 0 Å². The van der Waals surface area contributed by atoms with Crippen molar-refractivity contribution in [3.63, 3.8) is 0 Å². The molecule has 2 unspecified atom stereocenters. The van der Waals surface area contributed by atoms with Gasteiger partial charge in [0.25, 0.3) is 0 Å². The highest BCUT2D eigenvalue weighted by atomic mass is 35.5. The van der Waals surface area contributed by atoms with Crippen molar-refractivity contribution in [1.82, 2.24) is 9.55 Å². The molecular formula is C10H19Cl2N3. The van der Waals surface area contributed by atoms with Gasteiger partial charge in [0, 0.05) is 31.4 Å². The van der Waals surface area contributed by atoms with Crippen LogP contribution in [-0.4, -0.2) is 15.6 Å². The van der Waals surface area contributed by atoms with Gasteiger partial charge in [0.15, 0.2) is 0 Å². The first kappa shape index (κ1) is 14.8. The van der Waals surface area contributed by atoms with Crippen LogP contribution in [0.2, 0.25) is 0 Å². The maximum absolute atomic E-state index is 5.94. The molecule has 1 aliphatic rings. The summed E-state index contributed by atoms with van der Waals surface area (Å²) in [7, 11) is 2.06. The minimum atomic E-state index is 0. The Morgan fingerprint density at radius 2 is 2.13 bits per heavy atom. The average Bonchev–Trinajstić information content (AvgIpc) is 2.51. The zero-order valence-corrected chi connectivity index (χ0v) is 10.6. The van der Waals surface area contributed by atoms with Crippen molar-refractivity contribution >= 4 is 24.8 Å². The van der Waals surface area contributed by atoms with Crippen LogP contribution in [0.1, 0.15) is 37.4 Å². The quantitative estimate of drug-likeness (QED) is 0.833. The molecule has 0 amide bonds. The number of nitrogens with zero attached hydrogens (tertiary/aromatic N) is 2. The van der Waals surface area contributed by atoms with Crippen LogP contribution in [0, 0.1) is 0 Å². The Hall–Kier alpha value is -0.250. The van der Waals surface area contributed by atoms with Gasteiger partial charge < -0.3 is 10.3 Å². The second kappa shape index (κ2) is 6.36. The molecule has 1 aliphatic carbocycles. The van der Waals surface area contributed by atoms with E-state index in [1.807, 2.05) is 12.4 Å². The van der Waals surface area contributed by atoms with E-state index in [-0.39, 0.29) is 24.8 Å². The number of rotatable bonds is 1. The minimum absolute atomic E-state index is 0. The molecule has 1 fully saturated rings. The molecule has 1 saturated carbocycles. The third-order valence-electron chi connectivity index (χ3n) is 2.94. The Labute approximate surface area is 103 Å². The molecule has 1 heterocycles. The van der Waals surface area contributed by atoms with Crippen LogP contribution in [0.15, 0.2) is 12.4 Å². The molecule has 0 radical (unpaired) electrons. The molecule has 0 saturated heterocycles. The van der Waals surface area contributed by atoms with E-state index in [0.717, 1.165) is 6.42 Å². The van der Waals surface area contributed by atoms with Gasteiger partial charge in [-0.05, 0) is 19.3 Å². The molecule has 88 valence electrons. The fourth-order valence-electron chi connectivity index (χ4n) is 2.23. The summed E-state index contributed by atoms with van der Waals surface area (Å²) in [5.74, 6) is 1.79. The van der Waals surface area contributed by atoms with Crippen LogP contribution in [0.5, 0.6) is 0 Å². The van der Waals surface area contributed by atoms with Crippen molar-refractivity contribution in [1.29, 1.82) is 0 Å². The lowest BCUT2D eigenvalue weighted by Crippen LogP contribution is -2.27. The highest BCUT2D eigenvalue weighted by molar-refractivity contribution is 5.85. The van der Waals surface area contributed by atoms with Gasteiger partial charge in [-0.3, -0.25) is 0 Å². The van der Waals surface area contributed by atoms with Crippen LogP contribution in [0.4, 0.5) is 0 Å². The topological polar surface area (TPSA) is 43.8 Å². The van der Waals surface area contributed by atoms with Gasteiger partial charge in [-0.2, -0.15) is 0 Å². The normalized spacial score (nSPS) is 25.2. The van der Waals surface area contributed by atoms with Gasteiger partial charge in [0.2, 0.25) is 0 Å². The van der Waals surface area contributed by atoms with Gasteiger partial charge in [-0.25, -0.2) is 4.98 Å². The molecule has 5 heteroatoms. The molecule has 0 aliphatic heterocycles.